The molecule has 3 N–H and O–H groups in total. The van der Waals surface area contributed by atoms with Gasteiger partial charge >= 0.3 is 0 Å². The van der Waals surface area contributed by atoms with E-state index in [1.807, 2.05) is 31.2 Å². The molecule has 1 amide bonds. The molecule has 0 bridgehead atoms. The van der Waals surface area contributed by atoms with E-state index in [4.69, 9.17) is 5.73 Å². The lowest BCUT2D eigenvalue weighted by Gasteiger charge is -2.34. The first-order chi connectivity index (χ1) is 13.2. The topological polar surface area (TPSA) is 58.4 Å². The molecule has 1 saturated heterocycles. The van der Waals surface area contributed by atoms with Crippen LogP contribution in [0.5, 0.6) is 0 Å². The van der Waals surface area contributed by atoms with Crippen LogP contribution in [0, 0.1) is 6.92 Å². The predicted octanol–water partition coefficient (Wildman–Crippen LogP) is 4.92. The number of carbonyl (C=O) groups excluding carboxylic acids is 1. The van der Waals surface area contributed by atoms with Crippen LogP contribution in [0.1, 0.15) is 56.3 Å². The molecule has 0 saturated carbocycles. The van der Waals surface area contributed by atoms with E-state index in [9.17, 15) is 4.79 Å². The number of nitrogens with two attached hydrogens (primary N) is 1. The summed E-state index contributed by atoms with van der Waals surface area (Å²) in [5.74, 6) is -0.0863. The highest BCUT2D eigenvalue weighted by Crippen LogP contribution is 2.26. The predicted molar refractivity (Wildman–Crippen MR) is 131 cm³/mol. The van der Waals surface area contributed by atoms with E-state index in [2.05, 4.69) is 55.3 Å². The third kappa shape index (κ3) is 6.63. The average Bonchev–Trinajstić information content (AvgIpc) is 2.68. The Bertz CT molecular complexity index is 793. The molecule has 3 rings (SSSR count). The summed E-state index contributed by atoms with van der Waals surface area (Å²) in [7, 11) is 0. The molecule has 2 aromatic rings. The normalized spacial score (nSPS) is 15.6. The molecule has 0 aliphatic carbocycles. The zero-order chi connectivity index (χ0) is 20.3. The largest absolute Gasteiger partial charge is 0.371 e. The maximum atomic E-state index is 12.5. The molecule has 1 atom stereocenters. The van der Waals surface area contributed by atoms with E-state index >= 15 is 0 Å². The van der Waals surface area contributed by atoms with E-state index in [-0.39, 0.29) is 42.2 Å². The van der Waals surface area contributed by atoms with Crippen molar-refractivity contribution in [2.24, 2.45) is 5.73 Å². The van der Waals surface area contributed by atoms with Gasteiger partial charge in [0.15, 0.2) is 0 Å². The van der Waals surface area contributed by atoms with Gasteiger partial charge in [0.2, 0.25) is 5.91 Å². The number of anilines is 1. The minimum atomic E-state index is -0.608. The quantitative estimate of drug-likeness (QED) is 0.692. The Labute approximate surface area is 193 Å². The molecular weight excluding hydrogens is 417 g/mol. The molecule has 1 unspecified atom stereocenters. The van der Waals surface area contributed by atoms with Gasteiger partial charge in [-0.15, -0.1) is 24.8 Å². The highest BCUT2D eigenvalue weighted by atomic mass is 35.5. The number of benzene rings is 2. The molecule has 6 heteroatoms. The molecule has 1 heterocycles. The highest BCUT2D eigenvalue weighted by molar-refractivity contribution is 5.85. The number of carbonyl (C=O) groups is 1. The molecule has 0 spiro atoms. The first-order valence-electron chi connectivity index (χ1n) is 10.2. The van der Waals surface area contributed by atoms with Crippen LogP contribution in [0.2, 0.25) is 0 Å². The maximum absolute atomic E-state index is 12.5. The first kappa shape index (κ1) is 26.3. The standard InChI is InChI=1S/C24H33N3O.2ClH/c1-17-5-7-18(8-6-17)22(25)23(28)26-20-13-15-27(16-14-20)21-11-9-19(10-12-21)24(2,3)4;;/h5-12,20,22H,13-16,25H2,1-4H3,(H,26,28);2*1H. The smallest absolute Gasteiger partial charge is 0.241 e. The van der Waals surface area contributed by atoms with Crippen LogP contribution in [0.15, 0.2) is 48.5 Å². The number of hydrogen-bond acceptors (Lipinski definition) is 3. The number of aryl methyl sites for hydroxylation is 1. The van der Waals surface area contributed by atoms with E-state index in [0.29, 0.717) is 0 Å². The average molecular weight is 452 g/mol. The van der Waals surface area contributed by atoms with Gasteiger partial charge in [-0.05, 0) is 48.4 Å². The third-order valence-electron chi connectivity index (χ3n) is 5.66. The fourth-order valence-electron chi connectivity index (χ4n) is 3.67. The van der Waals surface area contributed by atoms with E-state index in [0.717, 1.165) is 31.5 Å². The van der Waals surface area contributed by atoms with Crippen molar-refractivity contribution < 1.29 is 4.79 Å². The molecular formula is C24H35Cl2N3O. The van der Waals surface area contributed by atoms with Crippen molar-refractivity contribution >= 4 is 36.4 Å². The number of nitrogens with one attached hydrogen (secondary N) is 1. The Morgan fingerprint density at radius 1 is 1.00 bits per heavy atom. The Balaban J connectivity index is 0.00000225. The molecule has 2 aromatic carbocycles. The van der Waals surface area contributed by atoms with Crippen molar-refractivity contribution in [2.75, 3.05) is 18.0 Å². The van der Waals surface area contributed by atoms with Crippen LogP contribution >= 0.6 is 24.8 Å². The van der Waals surface area contributed by atoms with Gasteiger partial charge in [-0.25, -0.2) is 0 Å². The number of piperidine rings is 1. The lowest BCUT2D eigenvalue weighted by atomic mass is 9.87. The number of halogens is 2. The van der Waals surface area contributed by atoms with Crippen molar-refractivity contribution in [1.82, 2.24) is 5.32 Å². The van der Waals surface area contributed by atoms with Crippen LogP contribution in [0.25, 0.3) is 0 Å². The van der Waals surface area contributed by atoms with Crippen LogP contribution in [-0.2, 0) is 10.2 Å². The van der Waals surface area contributed by atoms with Crippen LogP contribution in [-0.4, -0.2) is 25.0 Å². The number of amides is 1. The van der Waals surface area contributed by atoms with Gasteiger partial charge in [0.1, 0.15) is 6.04 Å². The van der Waals surface area contributed by atoms with Gasteiger partial charge in [-0.1, -0.05) is 62.7 Å². The Morgan fingerprint density at radius 2 is 1.53 bits per heavy atom. The van der Waals surface area contributed by atoms with Crippen molar-refractivity contribution in [2.45, 2.75) is 58.0 Å². The zero-order valence-electron chi connectivity index (χ0n) is 18.4. The van der Waals surface area contributed by atoms with Gasteiger partial charge in [0, 0.05) is 24.8 Å². The number of nitrogens with zero attached hydrogens (tertiary/aromatic N) is 1. The summed E-state index contributed by atoms with van der Waals surface area (Å²) in [6.45, 7) is 10.6. The van der Waals surface area contributed by atoms with Gasteiger partial charge < -0.3 is 16.0 Å². The van der Waals surface area contributed by atoms with Crippen LogP contribution in [0.3, 0.4) is 0 Å². The van der Waals surface area contributed by atoms with Crippen LogP contribution < -0.4 is 16.0 Å². The monoisotopic (exact) mass is 451 g/mol. The maximum Gasteiger partial charge on any atom is 0.241 e. The second-order valence-electron chi connectivity index (χ2n) is 8.96. The molecule has 0 aromatic heterocycles. The molecule has 30 heavy (non-hydrogen) atoms. The summed E-state index contributed by atoms with van der Waals surface area (Å²) in [6.07, 6.45) is 1.88. The fourth-order valence-corrected chi connectivity index (χ4v) is 3.67. The van der Waals surface area contributed by atoms with E-state index < -0.39 is 6.04 Å². The van der Waals surface area contributed by atoms with Gasteiger partial charge in [0.05, 0.1) is 0 Å². The minimum Gasteiger partial charge on any atom is -0.371 e. The van der Waals surface area contributed by atoms with E-state index in [1.165, 1.54) is 16.8 Å². The lowest BCUT2D eigenvalue weighted by molar-refractivity contribution is -0.123. The van der Waals surface area contributed by atoms with Crippen molar-refractivity contribution in [3.8, 4) is 0 Å². The van der Waals surface area contributed by atoms with E-state index in [1.54, 1.807) is 0 Å². The molecule has 166 valence electrons. The zero-order valence-corrected chi connectivity index (χ0v) is 20.0. The van der Waals surface area contributed by atoms with Gasteiger partial charge in [-0.2, -0.15) is 0 Å². The second-order valence-corrected chi connectivity index (χ2v) is 8.96. The summed E-state index contributed by atoms with van der Waals surface area (Å²) in [6, 6.07) is 16.3. The van der Waals surface area contributed by atoms with Crippen molar-refractivity contribution in [1.29, 1.82) is 0 Å². The minimum absolute atomic E-state index is 0. The summed E-state index contributed by atoms with van der Waals surface area (Å²) in [5, 5.41) is 3.14. The van der Waals surface area contributed by atoms with Gasteiger partial charge in [0.25, 0.3) is 0 Å². The Hall–Kier alpha value is -1.75. The Morgan fingerprint density at radius 3 is 2.03 bits per heavy atom. The van der Waals surface area contributed by atoms with Crippen LogP contribution in [0.4, 0.5) is 5.69 Å². The molecule has 1 aliphatic heterocycles. The molecule has 1 aliphatic rings. The molecule has 1 fully saturated rings. The Kier molecular flexibility index (Phi) is 9.67. The second kappa shape index (κ2) is 11.0. The first-order valence-corrected chi connectivity index (χ1v) is 10.2. The van der Waals surface area contributed by atoms with Gasteiger partial charge in [-0.3, -0.25) is 4.79 Å². The summed E-state index contributed by atoms with van der Waals surface area (Å²) in [4.78, 5) is 14.9. The third-order valence-corrected chi connectivity index (χ3v) is 5.66. The lowest BCUT2D eigenvalue weighted by Crippen LogP contribution is -2.47. The molecule has 0 radical (unpaired) electrons. The highest BCUT2D eigenvalue weighted by Gasteiger charge is 2.24. The number of hydrogen-bond donors (Lipinski definition) is 2. The van der Waals surface area contributed by atoms with Crippen molar-refractivity contribution in [3.05, 3.63) is 65.2 Å². The summed E-state index contributed by atoms with van der Waals surface area (Å²) in [5.41, 5.74) is 11.0. The molecule has 4 nitrogen and oxygen atoms in total. The SMILES string of the molecule is Cc1ccc(C(N)C(=O)NC2CCN(c3ccc(C(C)(C)C)cc3)CC2)cc1.Cl.Cl. The fraction of sp³-hybridized carbons (Fsp3) is 0.458. The number of rotatable bonds is 4. The summed E-state index contributed by atoms with van der Waals surface area (Å²) < 4.78 is 0. The van der Waals surface area contributed by atoms with Crippen molar-refractivity contribution in [3.63, 3.8) is 0 Å². The summed E-state index contributed by atoms with van der Waals surface area (Å²) >= 11 is 0.